The fourth-order valence-electron chi connectivity index (χ4n) is 3.29. The third-order valence-electron chi connectivity index (χ3n) is 4.82. The predicted octanol–water partition coefficient (Wildman–Crippen LogP) is 4.29. The molecule has 0 saturated carbocycles. The average Bonchev–Trinajstić information content (AvgIpc) is 3.16. The van der Waals surface area contributed by atoms with E-state index in [1.54, 1.807) is 7.11 Å². The molecule has 0 radical (unpaired) electrons. The van der Waals surface area contributed by atoms with Crippen LogP contribution in [0.1, 0.15) is 30.8 Å². The molecule has 30 heavy (non-hydrogen) atoms. The Morgan fingerprint density at radius 1 is 1.20 bits per heavy atom. The van der Waals surface area contributed by atoms with Gasteiger partial charge in [-0.05, 0) is 48.4 Å². The Hall–Kier alpha value is -2.71. The summed E-state index contributed by atoms with van der Waals surface area (Å²) in [6.45, 7) is 2.10. The third-order valence-corrected chi connectivity index (χ3v) is 6.29. The van der Waals surface area contributed by atoms with E-state index >= 15 is 0 Å². The molecule has 1 amide bonds. The highest BCUT2D eigenvalue weighted by Crippen LogP contribution is 2.38. The van der Waals surface area contributed by atoms with Crippen molar-refractivity contribution in [2.75, 3.05) is 17.9 Å². The molecule has 4 rings (SSSR count). The molecule has 1 aromatic heterocycles. The average molecular weight is 444 g/mol. The van der Waals surface area contributed by atoms with E-state index in [2.05, 4.69) is 27.9 Å². The van der Waals surface area contributed by atoms with Crippen molar-refractivity contribution in [3.8, 4) is 5.75 Å². The number of nitrogens with one attached hydrogen (secondary N) is 2. The number of hydrogen-bond acceptors (Lipinski definition) is 6. The molecule has 0 spiro atoms. The Bertz CT molecular complexity index is 1020. The van der Waals surface area contributed by atoms with Gasteiger partial charge in [-0.3, -0.25) is 4.79 Å². The normalized spacial score (nSPS) is 17.7. The SMILES string of the molecule is CCCc1nnc2n1N[C@H](c1ccc(Cl)cc1)[C@@H](C(=O)Nc1ccc(OC)cc1)S2. The first-order valence-corrected chi connectivity index (χ1v) is 10.9. The van der Waals surface area contributed by atoms with E-state index in [0.29, 0.717) is 15.9 Å². The van der Waals surface area contributed by atoms with Gasteiger partial charge in [-0.1, -0.05) is 42.4 Å². The van der Waals surface area contributed by atoms with Crippen molar-refractivity contribution < 1.29 is 9.53 Å². The minimum Gasteiger partial charge on any atom is -0.497 e. The van der Waals surface area contributed by atoms with Crippen LogP contribution in [0.4, 0.5) is 5.69 Å². The van der Waals surface area contributed by atoms with Crippen molar-refractivity contribution in [1.29, 1.82) is 0 Å². The van der Waals surface area contributed by atoms with Crippen molar-refractivity contribution >= 4 is 35.0 Å². The highest BCUT2D eigenvalue weighted by atomic mass is 35.5. The van der Waals surface area contributed by atoms with Gasteiger partial charge in [0, 0.05) is 17.1 Å². The van der Waals surface area contributed by atoms with Crippen molar-refractivity contribution in [1.82, 2.24) is 14.9 Å². The highest BCUT2D eigenvalue weighted by Gasteiger charge is 2.37. The molecule has 1 aliphatic rings. The van der Waals surface area contributed by atoms with Gasteiger partial charge in [0.15, 0.2) is 5.82 Å². The summed E-state index contributed by atoms with van der Waals surface area (Å²) in [6.07, 6.45) is 1.76. The number of benzene rings is 2. The van der Waals surface area contributed by atoms with Crippen LogP contribution in [0.15, 0.2) is 53.7 Å². The summed E-state index contributed by atoms with van der Waals surface area (Å²) < 4.78 is 7.07. The van der Waals surface area contributed by atoms with Gasteiger partial charge in [-0.2, -0.15) is 0 Å². The molecule has 2 aromatic carbocycles. The largest absolute Gasteiger partial charge is 0.497 e. The number of carbonyl (C=O) groups excluding carboxylic acids is 1. The molecule has 0 aliphatic carbocycles. The molecule has 2 heterocycles. The maximum absolute atomic E-state index is 13.2. The number of fused-ring (bicyclic) bond motifs is 1. The number of thioether (sulfide) groups is 1. The molecule has 7 nitrogen and oxygen atoms in total. The fourth-order valence-corrected chi connectivity index (χ4v) is 4.52. The molecule has 0 saturated heterocycles. The van der Waals surface area contributed by atoms with Crippen LogP contribution in [0.5, 0.6) is 5.75 Å². The van der Waals surface area contributed by atoms with E-state index in [1.165, 1.54) is 11.8 Å². The number of carbonyl (C=O) groups is 1. The van der Waals surface area contributed by atoms with Gasteiger partial charge >= 0.3 is 0 Å². The zero-order valence-corrected chi connectivity index (χ0v) is 18.2. The molecule has 9 heteroatoms. The fraction of sp³-hybridized carbons (Fsp3) is 0.286. The Labute approximate surface area is 184 Å². The summed E-state index contributed by atoms with van der Waals surface area (Å²) >= 11 is 7.47. The summed E-state index contributed by atoms with van der Waals surface area (Å²) in [7, 11) is 1.61. The van der Waals surface area contributed by atoms with Crippen LogP contribution in [-0.4, -0.2) is 33.1 Å². The van der Waals surface area contributed by atoms with Gasteiger partial charge in [0.05, 0.1) is 13.2 Å². The van der Waals surface area contributed by atoms with Gasteiger partial charge in [0.25, 0.3) is 0 Å². The zero-order chi connectivity index (χ0) is 21.1. The minimum atomic E-state index is -0.445. The lowest BCUT2D eigenvalue weighted by molar-refractivity contribution is -0.116. The van der Waals surface area contributed by atoms with Crippen LogP contribution in [0.2, 0.25) is 5.02 Å². The lowest BCUT2D eigenvalue weighted by Crippen LogP contribution is -2.41. The van der Waals surface area contributed by atoms with E-state index in [-0.39, 0.29) is 11.9 Å². The van der Waals surface area contributed by atoms with Crippen molar-refractivity contribution in [2.45, 2.75) is 36.2 Å². The number of aryl methyl sites for hydroxylation is 1. The molecule has 0 bridgehead atoms. The van der Waals surface area contributed by atoms with E-state index in [1.807, 2.05) is 53.2 Å². The van der Waals surface area contributed by atoms with Crippen molar-refractivity contribution in [3.05, 3.63) is 64.9 Å². The molecule has 3 aromatic rings. The Kier molecular flexibility index (Phi) is 6.15. The molecule has 156 valence electrons. The summed E-state index contributed by atoms with van der Waals surface area (Å²) in [6, 6.07) is 14.5. The molecular formula is C21H22ClN5O2S. The molecule has 1 aliphatic heterocycles. The van der Waals surface area contributed by atoms with E-state index in [0.717, 1.165) is 30.0 Å². The summed E-state index contributed by atoms with van der Waals surface area (Å²) in [5, 5.41) is 12.4. The number of methoxy groups -OCH3 is 1. The molecule has 2 atom stereocenters. The second kappa shape index (κ2) is 8.97. The van der Waals surface area contributed by atoms with Gasteiger partial charge in [0.2, 0.25) is 11.1 Å². The third kappa shape index (κ3) is 4.24. The number of aromatic nitrogens is 3. The first-order valence-electron chi connectivity index (χ1n) is 9.67. The van der Waals surface area contributed by atoms with Gasteiger partial charge in [-0.15, -0.1) is 10.2 Å². The quantitative estimate of drug-likeness (QED) is 0.591. The summed E-state index contributed by atoms with van der Waals surface area (Å²) in [5.41, 5.74) is 5.11. The van der Waals surface area contributed by atoms with Crippen LogP contribution in [-0.2, 0) is 11.2 Å². The lowest BCUT2D eigenvalue weighted by atomic mass is 10.0. The number of halogens is 1. The van der Waals surface area contributed by atoms with Crippen LogP contribution < -0.4 is 15.5 Å². The van der Waals surface area contributed by atoms with Crippen molar-refractivity contribution in [2.24, 2.45) is 0 Å². The monoisotopic (exact) mass is 443 g/mol. The predicted molar refractivity (Wildman–Crippen MR) is 119 cm³/mol. The summed E-state index contributed by atoms with van der Waals surface area (Å²) in [5.74, 6) is 1.47. The van der Waals surface area contributed by atoms with Crippen LogP contribution in [0.3, 0.4) is 0 Å². The number of ether oxygens (including phenoxy) is 1. The Balaban J connectivity index is 1.63. The maximum Gasteiger partial charge on any atom is 0.240 e. The van der Waals surface area contributed by atoms with E-state index in [4.69, 9.17) is 16.3 Å². The molecule has 0 unspecified atom stereocenters. The van der Waals surface area contributed by atoms with Crippen LogP contribution in [0, 0.1) is 0 Å². The second-order valence-corrected chi connectivity index (χ2v) is 8.44. The topological polar surface area (TPSA) is 81.1 Å². The number of rotatable bonds is 6. The Morgan fingerprint density at radius 3 is 2.60 bits per heavy atom. The van der Waals surface area contributed by atoms with Crippen LogP contribution >= 0.6 is 23.4 Å². The molecule has 0 fully saturated rings. The standard InChI is InChI=1S/C21H22ClN5O2S/c1-3-4-17-24-25-21-27(17)26-18(13-5-7-14(22)8-6-13)19(30-21)20(28)23-15-9-11-16(29-2)12-10-15/h5-12,18-19,26H,3-4H2,1-2H3,(H,23,28)/t18-,19+/m1/s1. The van der Waals surface area contributed by atoms with Crippen molar-refractivity contribution in [3.63, 3.8) is 0 Å². The minimum absolute atomic E-state index is 0.121. The maximum atomic E-state index is 13.2. The van der Waals surface area contributed by atoms with E-state index in [9.17, 15) is 4.79 Å². The lowest BCUT2D eigenvalue weighted by Gasteiger charge is -2.33. The molecule has 2 N–H and O–H groups in total. The van der Waals surface area contributed by atoms with Gasteiger partial charge in [0.1, 0.15) is 11.0 Å². The zero-order valence-electron chi connectivity index (χ0n) is 16.6. The summed E-state index contributed by atoms with van der Waals surface area (Å²) in [4.78, 5) is 13.2. The van der Waals surface area contributed by atoms with E-state index < -0.39 is 5.25 Å². The first kappa shape index (κ1) is 20.6. The first-order chi connectivity index (χ1) is 14.6. The number of anilines is 1. The second-order valence-electron chi connectivity index (χ2n) is 6.90. The number of hydrogen-bond donors (Lipinski definition) is 2. The number of amides is 1. The smallest absolute Gasteiger partial charge is 0.240 e. The highest BCUT2D eigenvalue weighted by molar-refractivity contribution is 8.00. The Morgan fingerprint density at radius 2 is 1.93 bits per heavy atom. The van der Waals surface area contributed by atoms with Gasteiger partial charge < -0.3 is 15.5 Å². The number of nitrogens with zero attached hydrogens (tertiary/aromatic N) is 3. The van der Waals surface area contributed by atoms with Crippen LogP contribution in [0.25, 0.3) is 0 Å². The van der Waals surface area contributed by atoms with Gasteiger partial charge in [-0.25, -0.2) is 4.68 Å². The molecular weight excluding hydrogens is 422 g/mol.